The summed E-state index contributed by atoms with van der Waals surface area (Å²) in [6.45, 7) is 0. The van der Waals surface area contributed by atoms with Crippen molar-refractivity contribution in [3.63, 3.8) is 0 Å². The van der Waals surface area contributed by atoms with Gasteiger partial charge in [0.2, 0.25) is 0 Å². The van der Waals surface area contributed by atoms with Gasteiger partial charge in [-0.2, -0.15) is 0 Å². The summed E-state index contributed by atoms with van der Waals surface area (Å²) < 4.78 is 0. The van der Waals surface area contributed by atoms with Crippen LogP contribution in [0.3, 0.4) is 0 Å². The first-order chi connectivity index (χ1) is 0. The molecule has 0 amide bonds. The van der Waals surface area contributed by atoms with Crippen molar-refractivity contribution < 1.29 is 79.9 Å². The Labute approximate surface area is 163 Å². The average Bonchev–Trinajstić information content (AvgIpc) is 0. The largest absolute Gasteiger partial charge is 0 e. The van der Waals surface area contributed by atoms with Gasteiger partial charge >= 0.3 is 89.1 Å². The molecule has 0 fully saturated rings. The molecule has 5 heteroatoms. The van der Waals surface area contributed by atoms with Crippen molar-refractivity contribution >= 4 is 89.1 Å². The fourth-order valence-electron chi connectivity index (χ4n) is 0. The van der Waals surface area contributed by atoms with Crippen molar-refractivity contribution in [1.29, 1.82) is 0 Å². The molecule has 0 nitrogen and oxygen atoms in total. The summed E-state index contributed by atoms with van der Waals surface area (Å²) in [6, 6.07) is 0. The van der Waals surface area contributed by atoms with Gasteiger partial charge < -0.3 is 0 Å². The fraction of sp³-hybridized carbons (Fsp3) is 0. The molecule has 0 rings (SSSR count). The topological polar surface area (TPSA) is 0 Å². The molecule has 0 N–H and O–H groups in total. The number of hydrogen-bond donors (Lipinski definition) is 0. The second-order valence-electron chi connectivity index (χ2n) is 0. The van der Waals surface area contributed by atoms with Crippen LogP contribution in [-0.2, 0) is 38.1 Å². The smallest absolute Gasteiger partial charge is 0 e. The molecule has 0 saturated heterocycles. The maximum absolute atomic E-state index is 0. The monoisotopic (exact) mass is 376 g/mol. The zero-order valence-electron chi connectivity index (χ0n) is 1.26. The first kappa shape index (κ1) is 31.4. The Hall–Kier alpha value is 5.48. The number of rotatable bonds is 0. The maximum atomic E-state index is 0. The summed E-state index contributed by atoms with van der Waals surface area (Å²) in [6.07, 6.45) is 0. The second-order valence-corrected chi connectivity index (χ2v) is 0. The molecule has 0 aromatic heterocycles. The van der Waals surface area contributed by atoms with E-state index in [1.807, 2.05) is 0 Å². The quantitative estimate of drug-likeness (QED) is 0.450. The second kappa shape index (κ2) is 22.7. The Kier molecular flexibility index (Phi) is 142. The van der Waals surface area contributed by atoms with Crippen LogP contribution in [-0.4, -0.2) is 89.1 Å². The minimum atomic E-state index is 0. The van der Waals surface area contributed by atoms with Gasteiger partial charge in [-0.15, -0.1) is 0 Å². The molecular formula is H3CaCeFeKMo. The zero-order valence-corrected chi connectivity index (χ0v) is 7.51. The summed E-state index contributed by atoms with van der Waals surface area (Å²) >= 11 is 0. The third-order valence-corrected chi connectivity index (χ3v) is 0. The molecule has 0 unspecified atom stereocenters. The SMILES string of the molecule is [CaH2].[Ce].[Fe].[KH].[Mo]. The van der Waals surface area contributed by atoms with Crippen molar-refractivity contribution in [2.75, 3.05) is 0 Å². The van der Waals surface area contributed by atoms with Gasteiger partial charge in [-0.1, -0.05) is 0 Å². The van der Waals surface area contributed by atoms with Crippen molar-refractivity contribution in [3.8, 4) is 0 Å². The van der Waals surface area contributed by atoms with E-state index in [-0.39, 0.29) is 169 Å². The molecule has 0 atom stereocenters. The Morgan fingerprint density at radius 2 is 1.00 bits per heavy atom. The first-order valence-corrected chi connectivity index (χ1v) is 0. The van der Waals surface area contributed by atoms with Crippen molar-refractivity contribution in [2.45, 2.75) is 0 Å². The van der Waals surface area contributed by atoms with Gasteiger partial charge in [0.1, 0.15) is 0 Å². The van der Waals surface area contributed by atoms with Gasteiger partial charge in [0.05, 0.1) is 0 Å². The third kappa shape index (κ3) is 17.7. The fourth-order valence-corrected chi connectivity index (χ4v) is 0. The van der Waals surface area contributed by atoms with Gasteiger partial charge in [-0.3, -0.25) is 0 Å². The predicted octanol–water partition coefficient (Wildman–Crippen LogP) is -1.57. The standard InChI is InChI=1S/Ca.Ce.Fe.K.Mo.3H. The summed E-state index contributed by atoms with van der Waals surface area (Å²) in [7, 11) is 0. The van der Waals surface area contributed by atoms with E-state index in [1.165, 1.54) is 0 Å². The molecule has 0 aromatic carbocycles. The molecule has 0 heterocycles. The van der Waals surface area contributed by atoms with Crippen LogP contribution in [0.4, 0.5) is 0 Å². The Morgan fingerprint density at radius 1 is 1.00 bits per heavy atom. The van der Waals surface area contributed by atoms with Crippen LogP contribution in [0.15, 0.2) is 0 Å². The van der Waals surface area contributed by atoms with E-state index in [1.54, 1.807) is 0 Å². The molecule has 0 spiro atoms. The van der Waals surface area contributed by atoms with Crippen LogP contribution in [0.5, 0.6) is 0 Å². The minimum Gasteiger partial charge on any atom is 0 e. The van der Waals surface area contributed by atoms with Crippen LogP contribution >= 0.6 is 0 Å². The van der Waals surface area contributed by atoms with Gasteiger partial charge in [0.25, 0.3) is 0 Å². The molecule has 0 aliphatic carbocycles. The third-order valence-electron chi connectivity index (χ3n) is 0. The Bertz CT molecular complexity index is 11.6. The van der Waals surface area contributed by atoms with Crippen LogP contribution in [0, 0.1) is 41.7 Å². The predicted molar refractivity (Wildman–Crippen MR) is 15.7 cm³/mol. The molecule has 0 radical (unpaired) electrons. The number of hydrogen-bond acceptors (Lipinski definition) is 0. The summed E-state index contributed by atoms with van der Waals surface area (Å²) in [5, 5.41) is 0. The van der Waals surface area contributed by atoms with Crippen molar-refractivity contribution in [1.82, 2.24) is 0 Å². The molecule has 0 aromatic rings. The Morgan fingerprint density at radius 3 is 1.00 bits per heavy atom. The molecular weight excluding hydrogens is 371 g/mol. The van der Waals surface area contributed by atoms with Gasteiger partial charge in [-0.25, -0.2) is 0 Å². The van der Waals surface area contributed by atoms with Crippen LogP contribution in [0.2, 0.25) is 0 Å². The van der Waals surface area contributed by atoms with E-state index in [9.17, 15) is 0 Å². The average molecular weight is 374 g/mol. The molecule has 0 saturated carbocycles. The van der Waals surface area contributed by atoms with E-state index in [0.29, 0.717) is 0 Å². The van der Waals surface area contributed by atoms with Gasteiger partial charge in [0.15, 0.2) is 0 Å². The summed E-state index contributed by atoms with van der Waals surface area (Å²) in [4.78, 5) is 0. The summed E-state index contributed by atoms with van der Waals surface area (Å²) in [5.41, 5.74) is 0. The van der Waals surface area contributed by atoms with Crippen LogP contribution < -0.4 is 0 Å². The van der Waals surface area contributed by atoms with Gasteiger partial charge in [0, 0.05) is 79.9 Å². The minimum absolute atomic E-state index is 0. The molecule has 0 bridgehead atoms. The molecule has 5 heavy (non-hydrogen) atoms. The maximum Gasteiger partial charge on any atom is 0 e. The van der Waals surface area contributed by atoms with E-state index < -0.39 is 0 Å². The molecule has 0 aliphatic rings. The van der Waals surface area contributed by atoms with Crippen molar-refractivity contribution in [3.05, 3.63) is 0 Å². The van der Waals surface area contributed by atoms with E-state index in [4.69, 9.17) is 0 Å². The van der Waals surface area contributed by atoms with Crippen molar-refractivity contribution in [2.24, 2.45) is 0 Å². The van der Waals surface area contributed by atoms with Crippen LogP contribution in [0.25, 0.3) is 0 Å². The Balaban J connectivity index is 0. The normalized spacial score (nSPS) is 0. The van der Waals surface area contributed by atoms with Gasteiger partial charge in [-0.05, 0) is 0 Å². The summed E-state index contributed by atoms with van der Waals surface area (Å²) in [5.74, 6) is 0. The van der Waals surface area contributed by atoms with E-state index >= 15 is 0 Å². The zero-order chi connectivity index (χ0) is 0. The molecule has 0 aliphatic heterocycles. The first-order valence-electron chi connectivity index (χ1n) is 0. The van der Waals surface area contributed by atoms with E-state index in [0.717, 1.165) is 0 Å². The van der Waals surface area contributed by atoms with E-state index in [2.05, 4.69) is 0 Å². The van der Waals surface area contributed by atoms with Crippen LogP contribution in [0.1, 0.15) is 0 Å². The molecule has 24 valence electrons.